The van der Waals surface area contributed by atoms with Crippen molar-refractivity contribution >= 4 is 28.9 Å². The average Bonchev–Trinajstić information content (AvgIpc) is 2.10. The van der Waals surface area contributed by atoms with E-state index in [9.17, 15) is 10.1 Å². The first-order valence-corrected chi connectivity index (χ1v) is 4.31. The van der Waals surface area contributed by atoms with Gasteiger partial charge in [0.1, 0.15) is 5.02 Å². The van der Waals surface area contributed by atoms with E-state index in [4.69, 9.17) is 28.5 Å². The maximum absolute atomic E-state index is 10.5. The van der Waals surface area contributed by atoms with Crippen molar-refractivity contribution in [3.63, 3.8) is 0 Å². The van der Waals surface area contributed by atoms with Crippen LogP contribution in [0.15, 0.2) is 12.1 Å². The number of rotatable bonds is 2. The van der Waals surface area contributed by atoms with Gasteiger partial charge in [-0.05, 0) is 11.6 Å². The molecule has 0 unspecified atom stereocenters. The average molecular weight is 231 g/mol. The van der Waals surface area contributed by atoms with Crippen molar-refractivity contribution in [2.45, 2.75) is 6.42 Å². The maximum atomic E-state index is 10.5. The number of halogens is 2. The molecular weight excluding hydrogens is 227 g/mol. The van der Waals surface area contributed by atoms with E-state index in [1.165, 1.54) is 6.07 Å². The van der Waals surface area contributed by atoms with E-state index in [1.807, 2.05) is 6.07 Å². The number of benzene rings is 1. The van der Waals surface area contributed by atoms with Gasteiger partial charge in [0.05, 0.1) is 17.4 Å². The van der Waals surface area contributed by atoms with Gasteiger partial charge >= 0.3 is 0 Å². The minimum absolute atomic E-state index is 0.000231. The van der Waals surface area contributed by atoms with Crippen LogP contribution in [0.2, 0.25) is 10.0 Å². The first kappa shape index (κ1) is 10.8. The minimum atomic E-state index is -0.630. The van der Waals surface area contributed by atoms with Gasteiger partial charge in [-0.2, -0.15) is 5.26 Å². The van der Waals surface area contributed by atoms with Gasteiger partial charge in [-0.25, -0.2) is 0 Å². The molecule has 4 nitrogen and oxygen atoms in total. The maximum Gasteiger partial charge on any atom is 0.289 e. The minimum Gasteiger partial charge on any atom is -0.258 e. The highest BCUT2D eigenvalue weighted by atomic mass is 35.5. The standard InChI is InChI=1S/C8H4Cl2N2O2/c9-6-3-5(1-2-11)8(10)7(4-6)12(13)14/h3-4H,1H2. The zero-order chi connectivity index (χ0) is 10.7. The van der Waals surface area contributed by atoms with Crippen molar-refractivity contribution in [2.24, 2.45) is 0 Å². The highest BCUT2D eigenvalue weighted by molar-refractivity contribution is 6.35. The molecule has 0 N–H and O–H groups in total. The van der Waals surface area contributed by atoms with Crippen molar-refractivity contribution in [1.29, 1.82) is 5.26 Å². The predicted octanol–water partition coefficient (Wildman–Crippen LogP) is 2.97. The zero-order valence-corrected chi connectivity index (χ0v) is 8.34. The molecule has 0 heterocycles. The van der Waals surface area contributed by atoms with Crippen molar-refractivity contribution in [2.75, 3.05) is 0 Å². The van der Waals surface area contributed by atoms with Gasteiger partial charge < -0.3 is 0 Å². The molecule has 14 heavy (non-hydrogen) atoms. The quantitative estimate of drug-likeness (QED) is 0.580. The van der Waals surface area contributed by atoms with E-state index in [0.29, 0.717) is 5.56 Å². The van der Waals surface area contributed by atoms with E-state index >= 15 is 0 Å². The zero-order valence-electron chi connectivity index (χ0n) is 6.83. The van der Waals surface area contributed by atoms with Crippen LogP contribution in [0.25, 0.3) is 0 Å². The van der Waals surface area contributed by atoms with E-state index in [1.54, 1.807) is 0 Å². The van der Waals surface area contributed by atoms with Gasteiger partial charge in [0.2, 0.25) is 0 Å². The number of nitriles is 1. The third-order valence-electron chi connectivity index (χ3n) is 1.56. The lowest BCUT2D eigenvalue weighted by Gasteiger charge is -2.01. The molecule has 0 saturated heterocycles. The van der Waals surface area contributed by atoms with Crippen molar-refractivity contribution in [1.82, 2.24) is 0 Å². The van der Waals surface area contributed by atoms with Crippen LogP contribution in [0.5, 0.6) is 0 Å². The molecule has 0 spiro atoms. The smallest absolute Gasteiger partial charge is 0.258 e. The number of nitro benzene ring substituents is 1. The molecular formula is C8H4Cl2N2O2. The number of nitro groups is 1. The lowest BCUT2D eigenvalue weighted by atomic mass is 10.1. The lowest BCUT2D eigenvalue weighted by Crippen LogP contribution is -1.93. The fourth-order valence-electron chi connectivity index (χ4n) is 0.977. The predicted molar refractivity (Wildman–Crippen MR) is 52.4 cm³/mol. The monoisotopic (exact) mass is 230 g/mol. The van der Waals surface area contributed by atoms with Crippen LogP contribution in [0.3, 0.4) is 0 Å². The third kappa shape index (κ3) is 2.13. The Kier molecular flexibility index (Phi) is 3.28. The van der Waals surface area contributed by atoms with Crippen LogP contribution in [-0.2, 0) is 6.42 Å². The summed E-state index contributed by atoms with van der Waals surface area (Å²) in [5.74, 6) is 0. The van der Waals surface area contributed by atoms with E-state index < -0.39 is 4.92 Å². The lowest BCUT2D eigenvalue weighted by molar-refractivity contribution is -0.384. The molecule has 0 aliphatic carbocycles. The highest BCUT2D eigenvalue weighted by Crippen LogP contribution is 2.31. The van der Waals surface area contributed by atoms with E-state index in [2.05, 4.69) is 0 Å². The SMILES string of the molecule is N#CCc1cc(Cl)cc([N+](=O)[O-])c1Cl. The first-order valence-electron chi connectivity index (χ1n) is 3.55. The van der Waals surface area contributed by atoms with E-state index in [0.717, 1.165) is 6.07 Å². The summed E-state index contributed by atoms with van der Waals surface area (Å²) in [7, 11) is 0. The molecule has 0 aromatic heterocycles. The van der Waals surface area contributed by atoms with Gasteiger partial charge in [-0.15, -0.1) is 0 Å². The molecule has 0 atom stereocenters. The summed E-state index contributed by atoms with van der Waals surface area (Å²) in [5.41, 5.74) is 0.0952. The molecule has 1 rings (SSSR count). The molecule has 6 heteroatoms. The molecule has 72 valence electrons. The van der Waals surface area contributed by atoms with Crippen LogP contribution >= 0.6 is 23.2 Å². The Labute approximate surface area is 89.8 Å². The van der Waals surface area contributed by atoms with Crippen LogP contribution < -0.4 is 0 Å². The molecule has 0 radical (unpaired) electrons. The Morgan fingerprint density at radius 1 is 1.50 bits per heavy atom. The van der Waals surface area contributed by atoms with Crippen molar-refractivity contribution in [3.8, 4) is 6.07 Å². The Hall–Kier alpha value is -1.31. The Morgan fingerprint density at radius 3 is 2.64 bits per heavy atom. The van der Waals surface area contributed by atoms with Crippen LogP contribution in [-0.4, -0.2) is 4.92 Å². The normalized spacial score (nSPS) is 9.50. The van der Waals surface area contributed by atoms with Crippen LogP contribution in [0, 0.1) is 21.4 Å². The van der Waals surface area contributed by atoms with Crippen molar-refractivity contribution < 1.29 is 4.92 Å². The van der Waals surface area contributed by atoms with Gasteiger partial charge in [-0.3, -0.25) is 10.1 Å². The van der Waals surface area contributed by atoms with Crippen molar-refractivity contribution in [3.05, 3.63) is 37.9 Å². The second-order valence-electron chi connectivity index (χ2n) is 2.49. The largest absolute Gasteiger partial charge is 0.289 e. The molecule has 0 amide bonds. The molecule has 0 bridgehead atoms. The summed E-state index contributed by atoms with van der Waals surface area (Å²) in [4.78, 5) is 9.88. The third-order valence-corrected chi connectivity index (χ3v) is 2.21. The molecule has 1 aromatic rings. The van der Waals surface area contributed by atoms with Gasteiger partial charge in [0.25, 0.3) is 5.69 Å². The Morgan fingerprint density at radius 2 is 2.14 bits per heavy atom. The van der Waals surface area contributed by atoms with Crippen LogP contribution in [0.4, 0.5) is 5.69 Å². The first-order chi connectivity index (χ1) is 6.56. The summed E-state index contributed by atoms with van der Waals surface area (Å²) in [6.45, 7) is 0. The van der Waals surface area contributed by atoms with Gasteiger partial charge in [-0.1, -0.05) is 23.2 Å². The topological polar surface area (TPSA) is 66.9 Å². The molecule has 0 aliphatic rings. The van der Waals surface area contributed by atoms with E-state index in [-0.39, 0.29) is 22.2 Å². The van der Waals surface area contributed by atoms with Gasteiger partial charge in [0, 0.05) is 11.1 Å². The number of hydrogen-bond donors (Lipinski definition) is 0. The summed E-state index contributed by atoms with van der Waals surface area (Å²) in [5, 5.41) is 19.1. The summed E-state index contributed by atoms with van der Waals surface area (Å²) >= 11 is 11.3. The summed E-state index contributed by atoms with van der Waals surface area (Å²) in [6, 6.07) is 4.45. The Bertz CT molecular complexity index is 426. The van der Waals surface area contributed by atoms with Gasteiger partial charge in [0.15, 0.2) is 0 Å². The molecule has 0 fully saturated rings. The van der Waals surface area contributed by atoms with Crippen LogP contribution in [0.1, 0.15) is 5.56 Å². The molecule has 0 saturated carbocycles. The highest BCUT2D eigenvalue weighted by Gasteiger charge is 2.17. The Balaban J connectivity index is 3.33. The number of hydrogen-bond acceptors (Lipinski definition) is 3. The second-order valence-corrected chi connectivity index (χ2v) is 3.30. The summed E-state index contributed by atoms with van der Waals surface area (Å²) in [6.07, 6.45) is 0.000231. The molecule has 1 aromatic carbocycles. The number of nitrogens with zero attached hydrogens (tertiary/aromatic N) is 2. The summed E-state index contributed by atoms with van der Waals surface area (Å²) < 4.78 is 0. The fourth-order valence-corrected chi connectivity index (χ4v) is 1.46. The fraction of sp³-hybridized carbons (Fsp3) is 0.125. The molecule has 0 aliphatic heterocycles. The second kappa shape index (κ2) is 4.27.